The van der Waals surface area contributed by atoms with Crippen LogP contribution in [-0.4, -0.2) is 37.0 Å². The van der Waals surface area contributed by atoms with E-state index in [9.17, 15) is 10.2 Å². The van der Waals surface area contributed by atoms with E-state index in [0.717, 1.165) is 26.2 Å². The molecule has 5 rings (SSSR count). The SMILES string of the molecule is CC(O)(CO)c1ccnc(-c2cccc3cc(C(NSC4CC4)c4nc(N)ncc4Cl)sc23)c1. The van der Waals surface area contributed by atoms with Crippen molar-refractivity contribution < 1.29 is 10.2 Å². The first-order valence-corrected chi connectivity index (χ1v) is 12.9. The van der Waals surface area contributed by atoms with Crippen LogP contribution in [0.2, 0.25) is 5.02 Å². The lowest BCUT2D eigenvalue weighted by Gasteiger charge is -2.21. The van der Waals surface area contributed by atoms with Crippen molar-refractivity contribution in [2.24, 2.45) is 0 Å². The summed E-state index contributed by atoms with van der Waals surface area (Å²) in [4.78, 5) is 14.1. The molecule has 2 atom stereocenters. The molecule has 1 aromatic carbocycles. The molecule has 7 nitrogen and oxygen atoms in total. The standard InChI is InChI=1S/C24H24ClN5O2S2/c1-24(32,12-31)14-7-8-27-18(10-14)16-4-2-3-13-9-19(33-22(13)16)21(30-34-15-5-6-15)20-17(25)11-28-23(26)29-20/h2-4,7-11,15,21,30-32H,5-6,12H2,1H3,(H2,26,28,29). The Morgan fingerprint density at radius 1 is 1.29 bits per heavy atom. The van der Waals surface area contributed by atoms with Crippen LogP contribution in [0.3, 0.4) is 0 Å². The highest BCUT2D eigenvalue weighted by Crippen LogP contribution is 2.42. The van der Waals surface area contributed by atoms with Crippen molar-refractivity contribution >= 4 is 50.9 Å². The van der Waals surface area contributed by atoms with E-state index in [0.29, 0.717) is 21.5 Å². The minimum Gasteiger partial charge on any atom is -0.393 e. The second-order valence-electron chi connectivity index (χ2n) is 8.56. The maximum Gasteiger partial charge on any atom is 0.220 e. The summed E-state index contributed by atoms with van der Waals surface area (Å²) < 4.78 is 4.62. The number of hydrogen-bond donors (Lipinski definition) is 4. The molecule has 1 aliphatic rings. The Hall–Kier alpha value is -2.27. The molecule has 2 unspecified atom stereocenters. The van der Waals surface area contributed by atoms with E-state index in [4.69, 9.17) is 17.3 Å². The number of hydrogen-bond acceptors (Lipinski definition) is 9. The predicted octanol–water partition coefficient (Wildman–Crippen LogP) is 4.68. The number of aliphatic hydroxyl groups excluding tert-OH is 1. The highest BCUT2D eigenvalue weighted by molar-refractivity contribution is 7.98. The largest absolute Gasteiger partial charge is 0.393 e. The summed E-state index contributed by atoms with van der Waals surface area (Å²) in [5, 5.41) is 22.2. The molecular formula is C24H24ClN5O2S2. The van der Waals surface area contributed by atoms with Crippen molar-refractivity contribution in [2.75, 3.05) is 12.3 Å². The van der Waals surface area contributed by atoms with Gasteiger partial charge in [0.2, 0.25) is 5.95 Å². The molecule has 10 heteroatoms. The molecular weight excluding hydrogens is 490 g/mol. The lowest BCUT2D eigenvalue weighted by Crippen LogP contribution is -2.25. The van der Waals surface area contributed by atoms with Crippen LogP contribution in [0.5, 0.6) is 0 Å². The lowest BCUT2D eigenvalue weighted by atomic mass is 9.96. The molecule has 3 aromatic heterocycles. The Morgan fingerprint density at radius 2 is 2.12 bits per heavy atom. The van der Waals surface area contributed by atoms with E-state index in [1.807, 2.05) is 18.2 Å². The fourth-order valence-electron chi connectivity index (χ4n) is 3.63. The van der Waals surface area contributed by atoms with E-state index < -0.39 is 5.60 Å². The number of benzene rings is 1. The van der Waals surface area contributed by atoms with E-state index in [-0.39, 0.29) is 18.6 Å². The molecule has 0 aliphatic heterocycles. The van der Waals surface area contributed by atoms with Crippen molar-refractivity contribution in [3.05, 3.63) is 69.9 Å². The average Bonchev–Trinajstić information content (AvgIpc) is 3.57. The fraction of sp³-hybridized carbons (Fsp3) is 0.292. The Bertz CT molecular complexity index is 1340. The first kappa shape index (κ1) is 23.5. The van der Waals surface area contributed by atoms with E-state index in [2.05, 4.69) is 31.8 Å². The van der Waals surface area contributed by atoms with E-state index in [1.165, 1.54) is 19.0 Å². The number of nitrogens with two attached hydrogens (primary N) is 1. The zero-order chi connectivity index (χ0) is 23.9. The van der Waals surface area contributed by atoms with Gasteiger partial charge in [0.05, 0.1) is 35.3 Å². The Morgan fingerprint density at radius 3 is 2.88 bits per heavy atom. The minimum absolute atomic E-state index is 0.182. The van der Waals surface area contributed by atoms with Crippen LogP contribution >= 0.6 is 34.9 Å². The number of pyridine rings is 1. The third-order valence-electron chi connectivity index (χ3n) is 5.75. The second kappa shape index (κ2) is 9.41. The molecule has 5 N–H and O–H groups in total. The topological polar surface area (TPSA) is 117 Å². The van der Waals surface area contributed by atoms with Crippen LogP contribution in [0.15, 0.2) is 48.8 Å². The van der Waals surface area contributed by atoms with Crippen molar-refractivity contribution in [1.82, 2.24) is 19.7 Å². The van der Waals surface area contributed by atoms with Gasteiger partial charge in [-0.2, -0.15) is 0 Å². The molecule has 0 saturated heterocycles. The molecule has 3 heterocycles. The van der Waals surface area contributed by atoms with Crippen LogP contribution in [0.4, 0.5) is 5.95 Å². The molecule has 0 spiro atoms. The summed E-state index contributed by atoms with van der Waals surface area (Å²) in [6.45, 7) is 1.21. The summed E-state index contributed by atoms with van der Waals surface area (Å²) >= 11 is 9.84. The first-order chi connectivity index (χ1) is 16.4. The van der Waals surface area contributed by atoms with Crippen LogP contribution < -0.4 is 10.5 Å². The molecule has 0 bridgehead atoms. The highest BCUT2D eigenvalue weighted by Gasteiger charge is 2.28. The quantitative estimate of drug-likeness (QED) is 0.251. The lowest BCUT2D eigenvalue weighted by molar-refractivity contribution is -0.00230. The number of nitrogens with zero attached hydrogens (tertiary/aromatic N) is 3. The Labute approximate surface area is 210 Å². The minimum atomic E-state index is -1.34. The van der Waals surface area contributed by atoms with E-state index >= 15 is 0 Å². The van der Waals surface area contributed by atoms with Gasteiger partial charge in [-0.05, 0) is 48.9 Å². The van der Waals surface area contributed by atoms with Crippen LogP contribution in [0.25, 0.3) is 21.3 Å². The number of thiophene rings is 1. The summed E-state index contributed by atoms with van der Waals surface area (Å²) in [6.07, 6.45) is 5.58. The van der Waals surface area contributed by atoms with Crippen LogP contribution in [0.1, 0.15) is 41.9 Å². The average molecular weight is 514 g/mol. The summed E-state index contributed by atoms with van der Waals surface area (Å²) in [7, 11) is 0. The fourth-order valence-corrected chi connectivity index (χ4v) is 6.08. The van der Waals surface area contributed by atoms with Gasteiger partial charge in [0.15, 0.2) is 0 Å². The molecule has 176 valence electrons. The third-order valence-corrected chi connectivity index (χ3v) is 8.47. The number of aromatic nitrogens is 3. The second-order valence-corrected chi connectivity index (χ2v) is 11.2. The van der Waals surface area contributed by atoms with Crippen molar-refractivity contribution in [3.8, 4) is 11.3 Å². The van der Waals surface area contributed by atoms with Gasteiger partial charge in [-0.1, -0.05) is 41.7 Å². The van der Waals surface area contributed by atoms with E-state index in [1.54, 1.807) is 42.5 Å². The zero-order valence-corrected chi connectivity index (χ0v) is 20.8. The number of nitrogen functional groups attached to an aromatic ring is 1. The van der Waals surface area contributed by atoms with Gasteiger partial charge in [0, 0.05) is 26.6 Å². The van der Waals surface area contributed by atoms with Crippen LogP contribution in [-0.2, 0) is 5.60 Å². The van der Waals surface area contributed by atoms with Crippen molar-refractivity contribution in [2.45, 2.75) is 36.7 Å². The number of halogens is 1. The van der Waals surface area contributed by atoms with Gasteiger partial charge in [0.1, 0.15) is 5.60 Å². The smallest absolute Gasteiger partial charge is 0.220 e. The predicted molar refractivity (Wildman–Crippen MR) is 139 cm³/mol. The molecule has 34 heavy (non-hydrogen) atoms. The van der Waals surface area contributed by atoms with Gasteiger partial charge < -0.3 is 15.9 Å². The number of anilines is 1. The van der Waals surface area contributed by atoms with Crippen molar-refractivity contribution in [3.63, 3.8) is 0 Å². The normalized spacial score (nSPS) is 16.5. The molecule has 0 radical (unpaired) electrons. The van der Waals surface area contributed by atoms with Gasteiger partial charge >= 0.3 is 0 Å². The molecule has 1 fully saturated rings. The number of aliphatic hydroxyl groups is 2. The molecule has 1 saturated carbocycles. The third kappa shape index (κ3) is 4.77. The highest BCUT2D eigenvalue weighted by atomic mass is 35.5. The number of nitrogens with one attached hydrogen (secondary N) is 1. The van der Waals surface area contributed by atoms with Gasteiger partial charge in [-0.25, -0.2) is 14.7 Å². The van der Waals surface area contributed by atoms with Gasteiger partial charge in [0.25, 0.3) is 0 Å². The number of fused-ring (bicyclic) bond motifs is 1. The van der Waals surface area contributed by atoms with Gasteiger partial charge in [-0.15, -0.1) is 11.3 Å². The van der Waals surface area contributed by atoms with Gasteiger partial charge in [-0.3, -0.25) is 4.98 Å². The van der Waals surface area contributed by atoms with Crippen molar-refractivity contribution in [1.29, 1.82) is 0 Å². The summed E-state index contributed by atoms with van der Waals surface area (Å²) in [5.74, 6) is 0.182. The summed E-state index contributed by atoms with van der Waals surface area (Å²) in [5.41, 5.74) is 7.48. The molecule has 0 amide bonds. The molecule has 1 aliphatic carbocycles. The first-order valence-electron chi connectivity index (χ1n) is 10.9. The summed E-state index contributed by atoms with van der Waals surface area (Å²) in [6, 6.07) is 11.5. The number of rotatable bonds is 8. The zero-order valence-electron chi connectivity index (χ0n) is 18.4. The Kier molecular flexibility index (Phi) is 6.49. The van der Waals surface area contributed by atoms with Crippen LogP contribution in [0, 0.1) is 0 Å². The maximum absolute atomic E-state index is 10.5. The maximum atomic E-state index is 10.5. The monoisotopic (exact) mass is 513 g/mol. The Balaban J connectivity index is 1.59. The molecule has 4 aromatic rings.